The van der Waals surface area contributed by atoms with E-state index < -0.39 is 18.4 Å². The fourth-order valence-corrected chi connectivity index (χ4v) is 2.06. The van der Waals surface area contributed by atoms with Crippen LogP contribution < -0.4 is 16.2 Å². The van der Waals surface area contributed by atoms with Crippen molar-refractivity contribution in [2.24, 2.45) is 0 Å². The zero-order chi connectivity index (χ0) is 18.4. The van der Waals surface area contributed by atoms with E-state index in [-0.39, 0.29) is 23.6 Å². The third kappa shape index (κ3) is 5.31. The quantitative estimate of drug-likeness (QED) is 0.710. The fourth-order valence-electron chi connectivity index (χ4n) is 2.06. The van der Waals surface area contributed by atoms with Crippen LogP contribution in [0.15, 0.2) is 47.4 Å². The van der Waals surface area contributed by atoms with Crippen LogP contribution in [0.25, 0.3) is 0 Å². The first-order valence-corrected chi connectivity index (χ1v) is 7.42. The topological polar surface area (TPSA) is 118 Å². The molecule has 2 rings (SSSR count). The number of hydrogen-bond acceptors (Lipinski definition) is 4. The van der Waals surface area contributed by atoms with Crippen molar-refractivity contribution in [3.63, 3.8) is 0 Å². The minimum Gasteiger partial charge on any atom is -0.480 e. The summed E-state index contributed by atoms with van der Waals surface area (Å²) in [7, 11) is 0. The van der Waals surface area contributed by atoms with Crippen LogP contribution in [0.4, 0.5) is 5.69 Å². The van der Waals surface area contributed by atoms with Gasteiger partial charge in [-0.3, -0.25) is 19.2 Å². The molecule has 8 heteroatoms. The van der Waals surface area contributed by atoms with Gasteiger partial charge < -0.3 is 20.3 Å². The molecule has 130 valence electrons. The van der Waals surface area contributed by atoms with Gasteiger partial charge in [0.25, 0.3) is 11.5 Å². The molecule has 8 nitrogen and oxygen atoms in total. The minimum atomic E-state index is -1.14. The van der Waals surface area contributed by atoms with Gasteiger partial charge in [-0.05, 0) is 42.8 Å². The number of nitrogens with zero attached hydrogens (tertiary/aromatic N) is 1. The molecule has 0 atom stereocenters. The number of aryl methyl sites for hydroxylation is 1. The van der Waals surface area contributed by atoms with Gasteiger partial charge in [-0.25, -0.2) is 0 Å². The molecule has 2 amide bonds. The van der Waals surface area contributed by atoms with E-state index in [4.69, 9.17) is 5.11 Å². The van der Waals surface area contributed by atoms with Crippen molar-refractivity contribution in [2.75, 3.05) is 11.9 Å². The molecule has 0 bridgehead atoms. The monoisotopic (exact) mass is 343 g/mol. The lowest BCUT2D eigenvalue weighted by molar-refractivity contribution is -0.135. The summed E-state index contributed by atoms with van der Waals surface area (Å²) in [4.78, 5) is 45.9. The van der Waals surface area contributed by atoms with Crippen LogP contribution in [0.2, 0.25) is 0 Å². The van der Waals surface area contributed by atoms with Gasteiger partial charge in [0, 0.05) is 23.5 Å². The number of carbonyl (C=O) groups excluding carboxylic acids is 2. The van der Waals surface area contributed by atoms with Crippen molar-refractivity contribution >= 4 is 23.5 Å². The molecule has 0 aliphatic heterocycles. The zero-order valence-corrected chi connectivity index (χ0v) is 13.5. The third-order valence-electron chi connectivity index (χ3n) is 3.30. The summed E-state index contributed by atoms with van der Waals surface area (Å²) >= 11 is 0. The minimum absolute atomic E-state index is 0.125. The molecule has 0 aliphatic rings. The van der Waals surface area contributed by atoms with Gasteiger partial charge in [0.15, 0.2) is 0 Å². The van der Waals surface area contributed by atoms with E-state index in [2.05, 4.69) is 10.6 Å². The number of nitrogens with one attached hydrogen (secondary N) is 2. The lowest BCUT2D eigenvalue weighted by atomic mass is 10.2. The molecule has 25 heavy (non-hydrogen) atoms. The molecule has 1 aromatic heterocycles. The lowest BCUT2D eigenvalue weighted by Crippen LogP contribution is -2.29. The van der Waals surface area contributed by atoms with Crippen molar-refractivity contribution < 1.29 is 19.5 Å². The predicted molar refractivity (Wildman–Crippen MR) is 90.5 cm³/mol. The predicted octanol–water partition coefficient (Wildman–Crippen LogP) is 0.610. The lowest BCUT2D eigenvalue weighted by Gasteiger charge is -2.08. The van der Waals surface area contributed by atoms with Crippen molar-refractivity contribution in [1.29, 1.82) is 0 Å². The molecule has 0 radical (unpaired) electrons. The third-order valence-corrected chi connectivity index (χ3v) is 3.30. The van der Waals surface area contributed by atoms with Crippen molar-refractivity contribution in [1.82, 2.24) is 9.88 Å². The molecule has 0 spiro atoms. The molecule has 0 saturated heterocycles. The van der Waals surface area contributed by atoms with Crippen LogP contribution in [0.1, 0.15) is 15.9 Å². The first-order chi connectivity index (χ1) is 11.8. The normalized spacial score (nSPS) is 10.1. The van der Waals surface area contributed by atoms with E-state index in [0.29, 0.717) is 5.69 Å². The van der Waals surface area contributed by atoms with Gasteiger partial charge in [-0.15, -0.1) is 0 Å². The van der Waals surface area contributed by atoms with Crippen LogP contribution in [-0.4, -0.2) is 34.0 Å². The number of carbonyl (C=O) groups is 3. The Morgan fingerprint density at radius 2 is 1.80 bits per heavy atom. The molecule has 0 fully saturated rings. The van der Waals surface area contributed by atoms with Gasteiger partial charge in [-0.2, -0.15) is 0 Å². The molecule has 0 unspecified atom stereocenters. The molecular weight excluding hydrogens is 326 g/mol. The Labute approximate surface area is 143 Å². The summed E-state index contributed by atoms with van der Waals surface area (Å²) in [5, 5.41) is 13.4. The van der Waals surface area contributed by atoms with E-state index in [0.717, 1.165) is 5.56 Å². The molecule has 1 heterocycles. The van der Waals surface area contributed by atoms with E-state index >= 15 is 0 Å². The summed E-state index contributed by atoms with van der Waals surface area (Å²) in [5.41, 5.74) is 1.29. The number of aromatic nitrogens is 1. The molecule has 2 aromatic rings. The Hall–Kier alpha value is -3.42. The first-order valence-electron chi connectivity index (χ1n) is 7.42. The Kier molecular flexibility index (Phi) is 5.67. The second kappa shape index (κ2) is 7.91. The molecule has 0 aliphatic carbocycles. The number of pyridine rings is 1. The van der Waals surface area contributed by atoms with Gasteiger partial charge in [0.2, 0.25) is 5.91 Å². The summed E-state index contributed by atoms with van der Waals surface area (Å²) in [6, 6.07) is 9.14. The highest BCUT2D eigenvalue weighted by molar-refractivity contribution is 5.97. The average Bonchev–Trinajstić information content (AvgIpc) is 2.56. The Morgan fingerprint density at radius 1 is 1.12 bits per heavy atom. The molecule has 0 saturated carbocycles. The van der Waals surface area contributed by atoms with E-state index in [1.54, 1.807) is 19.2 Å². The summed E-state index contributed by atoms with van der Waals surface area (Å²) in [6.45, 7) is 1.20. The Bertz CT molecular complexity index is 855. The Morgan fingerprint density at radius 3 is 2.40 bits per heavy atom. The molecule has 1 aromatic carbocycles. The van der Waals surface area contributed by atoms with Gasteiger partial charge in [-0.1, -0.05) is 0 Å². The summed E-state index contributed by atoms with van der Waals surface area (Å²) < 4.78 is 1.29. The summed E-state index contributed by atoms with van der Waals surface area (Å²) in [6.07, 6.45) is 1.55. The number of anilines is 1. The summed E-state index contributed by atoms with van der Waals surface area (Å²) in [5.74, 6) is -2.04. The molecular formula is C17H17N3O5. The van der Waals surface area contributed by atoms with Crippen LogP contribution in [0.5, 0.6) is 0 Å². The number of rotatable bonds is 6. The number of carboxylic acids is 1. The van der Waals surface area contributed by atoms with Crippen molar-refractivity contribution in [3.8, 4) is 0 Å². The highest BCUT2D eigenvalue weighted by atomic mass is 16.4. The number of carboxylic acid groups (broad SMARTS) is 1. The second-order valence-electron chi connectivity index (χ2n) is 5.37. The number of benzene rings is 1. The van der Waals surface area contributed by atoms with Gasteiger partial charge in [0.05, 0.1) is 0 Å². The Balaban J connectivity index is 1.96. The van der Waals surface area contributed by atoms with Crippen LogP contribution in [0.3, 0.4) is 0 Å². The largest absolute Gasteiger partial charge is 0.480 e. The smallest absolute Gasteiger partial charge is 0.322 e. The van der Waals surface area contributed by atoms with E-state index in [1.165, 1.54) is 34.9 Å². The first kappa shape index (κ1) is 17.9. The zero-order valence-electron chi connectivity index (χ0n) is 13.5. The highest BCUT2D eigenvalue weighted by Crippen LogP contribution is 2.09. The van der Waals surface area contributed by atoms with Gasteiger partial charge in [0.1, 0.15) is 13.1 Å². The van der Waals surface area contributed by atoms with E-state index in [9.17, 15) is 19.2 Å². The maximum absolute atomic E-state index is 12.0. The fraction of sp³-hybridized carbons (Fsp3) is 0.176. The number of hydrogen-bond donors (Lipinski definition) is 3. The van der Waals surface area contributed by atoms with Crippen molar-refractivity contribution in [3.05, 3.63) is 64.1 Å². The van der Waals surface area contributed by atoms with E-state index in [1.807, 2.05) is 0 Å². The molecule has 3 N–H and O–H groups in total. The van der Waals surface area contributed by atoms with Crippen LogP contribution in [-0.2, 0) is 16.1 Å². The standard InChI is InChI=1S/C17H17N3O5/c1-11-6-7-20(15(22)8-11)10-14(21)19-13-4-2-12(3-5-13)17(25)18-9-16(23)24/h2-8H,9-10H2,1H3,(H,18,25)(H,19,21)(H,23,24). The van der Waals surface area contributed by atoms with Crippen LogP contribution in [0, 0.1) is 6.92 Å². The SMILES string of the molecule is Cc1ccn(CC(=O)Nc2ccc(C(=O)NCC(=O)O)cc2)c(=O)c1. The number of aliphatic carboxylic acids is 1. The highest BCUT2D eigenvalue weighted by Gasteiger charge is 2.09. The average molecular weight is 343 g/mol. The number of amides is 2. The second-order valence-corrected chi connectivity index (χ2v) is 5.37. The van der Waals surface area contributed by atoms with Crippen LogP contribution >= 0.6 is 0 Å². The maximum atomic E-state index is 12.0. The van der Waals surface area contributed by atoms with Gasteiger partial charge >= 0.3 is 5.97 Å². The maximum Gasteiger partial charge on any atom is 0.322 e. The van der Waals surface area contributed by atoms with Crippen molar-refractivity contribution in [2.45, 2.75) is 13.5 Å².